The van der Waals surface area contributed by atoms with E-state index in [-0.39, 0.29) is 6.03 Å². The van der Waals surface area contributed by atoms with Crippen molar-refractivity contribution < 1.29 is 4.79 Å². The molecule has 1 N–H and O–H groups in total. The lowest BCUT2D eigenvalue weighted by Gasteiger charge is -2.35. The molecule has 1 saturated heterocycles. The summed E-state index contributed by atoms with van der Waals surface area (Å²) in [5, 5.41) is 3.15. The van der Waals surface area contributed by atoms with Crippen LogP contribution in [0.1, 0.15) is 52.4 Å². The summed E-state index contributed by atoms with van der Waals surface area (Å²) in [5.74, 6) is 1.34. The van der Waals surface area contributed by atoms with Gasteiger partial charge in [0, 0.05) is 32.7 Å². The lowest BCUT2D eigenvalue weighted by atomic mass is 9.97. The Kier molecular flexibility index (Phi) is 6.34. The molecule has 0 bridgehead atoms. The molecule has 1 unspecified atom stereocenters. The van der Waals surface area contributed by atoms with E-state index in [9.17, 15) is 4.79 Å². The standard InChI is InChI=1S/C17H33N3O/c1-14(2)20-10-6-9-16(13-20)11-18-17(21)19(3)12-15-7-4-5-8-15/h14-16H,4-13H2,1-3H3,(H,18,21). The predicted molar refractivity (Wildman–Crippen MR) is 87.4 cm³/mol. The number of urea groups is 1. The highest BCUT2D eigenvalue weighted by atomic mass is 16.2. The maximum absolute atomic E-state index is 12.2. The zero-order valence-corrected chi connectivity index (χ0v) is 14.1. The highest BCUT2D eigenvalue weighted by Crippen LogP contribution is 2.25. The van der Waals surface area contributed by atoms with Crippen LogP contribution in [0.5, 0.6) is 0 Å². The molecule has 1 aliphatic heterocycles. The zero-order chi connectivity index (χ0) is 15.2. The number of carbonyl (C=O) groups excluding carboxylic acids is 1. The number of hydrogen-bond acceptors (Lipinski definition) is 2. The Balaban J connectivity index is 1.67. The number of nitrogens with zero attached hydrogens (tertiary/aromatic N) is 2. The fourth-order valence-corrected chi connectivity index (χ4v) is 3.76. The van der Waals surface area contributed by atoms with E-state index >= 15 is 0 Å². The number of rotatable bonds is 5. The fraction of sp³-hybridized carbons (Fsp3) is 0.941. The second-order valence-corrected chi connectivity index (χ2v) is 7.31. The molecule has 0 aromatic rings. The van der Waals surface area contributed by atoms with Crippen molar-refractivity contribution in [2.75, 3.05) is 33.2 Å². The van der Waals surface area contributed by atoms with Gasteiger partial charge in [0.2, 0.25) is 0 Å². The molecular formula is C17H33N3O. The minimum atomic E-state index is 0.114. The second kappa shape index (κ2) is 8.02. The molecule has 2 aliphatic rings. The van der Waals surface area contributed by atoms with Crippen molar-refractivity contribution in [2.24, 2.45) is 11.8 Å². The van der Waals surface area contributed by atoms with Crippen molar-refractivity contribution in [1.82, 2.24) is 15.1 Å². The van der Waals surface area contributed by atoms with Gasteiger partial charge in [-0.15, -0.1) is 0 Å². The lowest BCUT2D eigenvalue weighted by molar-refractivity contribution is 0.137. The first-order valence-electron chi connectivity index (χ1n) is 8.79. The van der Waals surface area contributed by atoms with Crippen LogP contribution in [0.2, 0.25) is 0 Å². The number of amides is 2. The zero-order valence-electron chi connectivity index (χ0n) is 14.1. The van der Waals surface area contributed by atoms with Gasteiger partial charge in [0.15, 0.2) is 0 Å². The van der Waals surface area contributed by atoms with Crippen LogP contribution in [-0.4, -0.2) is 55.1 Å². The van der Waals surface area contributed by atoms with Crippen LogP contribution in [0.3, 0.4) is 0 Å². The molecule has 0 aromatic heterocycles. The van der Waals surface area contributed by atoms with Crippen LogP contribution in [0.15, 0.2) is 0 Å². The predicted octanol–water partition coefficient (Wildman–Crippen LogP) is 2.94. The van der Waals surface area contributed by atoms with Crippen molar-refractivity contribution in [3.63, 3.8) is 0 Å². The summed E-state index contributed by atoms with van der Waals surface area (Å²) in [5.41, 5.74) is 0. The van der Waals surface area contributed by atoms with Crippen molar-refractivity contribution in [1.29, 1.82) is 0 Å². The van der Waals surface area contributed by atoms with Crippen molar-refractivity contribution in [3.05, 3.63) is 0 Å². The van der Waals surface area contributed by atoms with Gasteiger partial charge in [-0.05, 0) is 57.9 Å². The van der Waals surface area contributed by atoms with Gasteiger partial charge in [0.1, 0.15) is 0 Å². The van der Waals surface area contributed by atoms with E-state index in [1.807, 2.05) is 11.9 Å². The van der Waals surface area contributed by atoms with Gasteiger partial charge in [-0.2, -0.15) is 0 Å². The highest BCUT2D eigenvalue weighted by molar-refractivity contribution is 5.73. The number of nitrogens with one attached hydrogen (secondary N) is 1. The first kappa shape index (κ1) is 16.6. The molecule has 122 valence electrons. The summed E-state index contributed by atoms with van der Waals surface area (Å²) in [7, 11) is 1.94. The van der Waals surface area contributed by atoms with Crippen LogP contribution in [0, 0.1) is 11.8 Å². The van der Waals surface area contributed by atoms with E-state index in [1.54, 1.807) is 0 Å². The molecule has 4 nitrogen and oxygen atoms in total. The van der Waals surface area contributed by atoms with Crippen LogP contribution < -0.4 is 5.32 Å². The van der Waals surface area contributed by atoms with Crippen LogP contribution in [-0.2, 0) is 0 Å². The van der Waals surface area contributed by atoms with Gasteiger partial charge in [-0.25, -0.2) is 4.79 Å². The summed E-state index contributed by atoms with van der Waals surface area (Å²) >= 11 is 0. The Bertz CT molecular complexity index is 326. The highest BCUT2D eigenvalue weighted by Gasteiger charge is 2.23. The van der Waals surface area contributed by atoms with Gasteiger partial charge in [-0.3, -0.25) is 0 Å². The molecule has 21 heavy (non-hydrogen) atoms. The second-order valence-electron chi connectivity index (χ2n) is 7.31. The molecule has 2 amide bonds. The average Bonchev–Trinajstić information content (AvgIpc) is 2.97. The quantitative estimate of drug-likeness (QED) is 0.846. The molecule has 1 aliphatic carbocycles. The van der Waals surface area contributed by atoms with Crippen LogP contribution in [0.25, 0.3) is 0 Å². The third-order valence-electron chi connectivity index (χ3n) is 5.18. The summed E-state index contributed by atoms with van der Waals surface area (Å²) < 4.78 is 0. The molecular weight excluding hydrogens is 262 g/mol. The van der Waals surface area contributed by atoms with E-state index < -0.39 is 0 Å². The number of hydrogen-bond donors (Lipinski definition) is 1. The summed E-state index contributed by atoms with van der Waals surface area (Å²) in [4.78, 5) is 16.6. The smallest absolute Gasteiger partial charge is 0.317 e. The third-order valence-corrected chi connectivity index (χ3v) is 5.18. The largest absolute Gasteiger partial charge is 0.338 e. The van der Waals surface area contributed by atoms with Crippen LogP contribution >= 0.6 is 0 Å². The number of piperidine rings is 1. The first-order chi connectivity index (χ1) is 10.1. The monoisotopic (exact) mass is 295 g/mol. The average molecular weight is 295 g/mol. The number of carbonyl (C=O) groups is 1. The molecule has 0 aromatic carbocycles. The van der Waals surface area contributed by atoms with Gasteiger partial charge >= 0.3 is 6.03 Å². The van der Waals surface area contributed by atoms with Gasteiger partial charge < -0.3 is 15.1 Å². The minimum Gasteiger partial charge on any atom is -0.338 e. The van der Waals surface area contributed by atoms with Crippen molar-refractivity contribution >= 4 is 6.03 Å². The third kappa shape index (κ3) is 5.17. The molecule has 2 fully saturated rings. The van der Waals surface area contributed by atoms with Crippen LogP contribution in [0.4, 0.5) is 4.79 Å². The van der Waals surface area contributed by atoms with Gasteiger partial charge in [-0.1, -0.05) is 12.8 Å². The maximum atomic E-state index is 12.2. The van der Waals surface area contributed by atoms with Gasteiger partial charge in [0.05, 0.1) is 0 Å². The fourth-order valence-electron chi connectivity index (χ4n) is 3.76. The first-order valence-corrected chi connectivity index (χ1v) is 8.79. The molecule has 1 heterocycles. The van der Waals surface area contributed by atoms with Gasteiger partial charge in [0.25, 0.3) is 0 Å². The summed E-state index contributed by atoms with van der Waals surface area (Å²) in [6.45, 7) is 8.62. The molecule has 0 radical (unpaired) electrons. The van der Waals surface area contributed by atoms with Crippen molar-refractivity contribution in [3.8, 4) is 0 Å². The Morgan fingerprint density at radius 1 is 1.19 bits per heavy atom. The Morgan fingerprint density at radius 3 is 2.52 bits per heavy atom. The number of likely N-dealkylation sites (tertiary alicyclic amines) is 1. The summed E-state index contributed by atoms with van der Waals surface area (Å²) in [6.07, 6.45) is 7.78. The molecule has 1 atom stereocenters. The summed E-state index contributed by atoms with van der Waals surface area (Å²) in [6, 6.07) is 0.733. The molecule has 0 spiro atoms. The van der Waals surface area contributed by atoms with E-state index in [4.69, 9.17) is 0 Å². The topological polar surface area (TPSA) is 35.6 Å². The molecule has 4 heteroatoms. The van der Waals surface area contributed by atoms with E-state index in [0.717, 1.165) is 25.6 Å². The molecule has 1 saturated carbocycles. The van der Waals surface area contributed by atoms with E-state index in [2.05, 4.69) is 24.1 Å². The Labute approximate surface area is 130 Å². The van der Waals surface area contributed by atoms with Crippen molar-refractivity contribution in [2.45, 2.75) is 58.4 Å². The molecule has 2 rings (SSSR count). The Morgan fingerprint density at radius 2 is 1.86 bits per heavy atom. The normalized spacial score (nSPS) is 24.5. The Hall–Kier alpha value is -0.770. The minimum absolute atomic E-state index is 0.114. The lowest BCUT2D eigenvalue weighted by Crippen LogP contribution is -2.46. The maximum Gasteiger partial charge on any atom is 0.317 e. The SMILES string of the molecule is CC(C)N1CCCC(CNC(=O)N(C)CC2CCCC2)C1. The van der Waals surface area contributed by atoms with E-state index in [0.29, 0.717) is 12.0 Å². The van der Waals surface area contributed by atoms with E-state index in [1.165, 1.54) is 45.1 Å².